The van der Waals surface area contributed by atoms with Crippen molar-refractivity contribution in [1.82, 2.24) is 4.98 Å². The van der Waals surface area contributed by atoms with E-state index in [1.807, 2.05) is 6.07 Å². The highest BCUT2D eigenvalue weighted by atomic mass is 16.1. The van der Waals surface area contributed by atoms with Crippen molar-refractivity contribution in [2.45, 2.75) is 18.9 Å². The summed E-state index contributed by atoms with van der Waals surface area (Å²) in [5, 5.41) is 0. The summed E-state index contributed by atoms with van der Waals surface area (Å²) in [7, 11) is 0. The lowest BCUT2D eigenvalue weighted by Crippen LogP contribution is -2.09. The second-order valence-corrected chi connectivity index (χ2v) is 2.90. The second kappa shape index (κ2) is 2.20. The summed E-state index contributed by atoms with van der Waals surface area (Å²) in [4.78, 5) is 13.6. The second-order valence-electron chi connectivity index (χ2n) is 2.90. The van der Waals surface area contributed by atoms with Crippen LogP contribution >= 0.6 is 0 Å². The van der Waals surface area contributed by atoms with Gasteiger partial charge in [-0.3, -0.25) is 4.79 Å². The maximum absolute atomic E-state index is 10.8. The molecule has 0 amide bonds. The molecule has 0 saturated heterocycles. The van der Waals surface area contributed by atoms with E-state index in [0.717, 1.165) is 24.1 Å². The molecule has 1 aliphatic carbocycles. The summed E-state index contributed by atoms with van der Waals surface area (Å²) in [5.41, 5.74) is 7.86. The van der Waals surface area contributed by atoms with E-state index < -0.39 is 0 Å². The van der Waals surface area contributed by atoms with Gasteiger partial charge in [-0.1, -0.05) is 6.07 Å². The van der Waals surface area contributed by atoms with Gasteiger partial charge in [0, 0.05) is 17.8 Å². The molecule has 1 aromatic heterocycles. The maximum atomic E-state index is 10.8. The monoisotopic (exact) mass is 150 g/mol. The number of aryl methyl sites for hydroxylation is 1. The quantitative estimate of drug-likeness (QED) is 0.559. The molecule has 0 radical (unpaired) electrons. The van der Waals surface area contributed by atoms with E-state index >= 15 is 0 Å². The summed E-state index contributed by atoms with van der Waals surface area (Å²) in [6.45, 7) is 0. The van der Waals surface area contributed by atoms with Crippen LogP contribution in [-0.2, 0) is 6.42 Å². The summed E-state index contributed by atoms with van der Waals surface area (Å²) in [5.74, 6) is 0. The van der Waals surface area contributed by atoms with Gasteiger partial charge in [-0.05, 0) is 18.4 Å². The molecule has 11 heavy (non-hydrogen) atoms. The molecule has 3 heteroatoms. The molecular formula is C8H10N2O. The minimum absolute atomic E-state index is 0.0298. The van der Waals surface area contributed by atoms with Crippen LogP contribution in [-0.4, -0.2) is 4.98 Å². The number of hydrogen-bond acceptors (Lipinski definition) is 2. The topological polar surface area (TPSA) is 58.9 Å². The first-order valence-electron chi connectivity index (χ1n) is 3.75. The van der Waals surface area contributed by atoms with Crippen molar-refractivity contribution in [2.24, 2.45) is 5.73 Å². The molecule has 1 unspecified atom stereocenters. The van der Waals surface area contributed by atoms with Gasteiger partial charge in [0.2, 0.25) is 5.56 Å². The zero-order chi connectivity index (χ0) is 7.84. The Morgan fingerprint density at radius 3 is 3.18 bits per heavy atom. The SMILES string of the molecule is NC1CCc2[nH]c(=O)ccc21. The fourth-order valence-corrected chi connectivity index (χ4v) is 1.54. The van der Waals surface area contributed by atoms with E-state index in [1.165, 1.54) is 6.07 Å². The molecule has 3 N–H and O–H groups in total. The third-order valence-corrected chi connectivity index (χ3v) is 2.14. The van der Waals surface area contributed by atoms with Gasteiger partial charge >= 0.3 is 0 Å². The average Bonchev–Trinajstić information content (AvgIpc) is 2.32. The summed E-state index contributed by atoms with van der Waals surface area (Å²) < 4.78 is 0. The zero-order valence-corrected chi connectivity index (χ0v) is 6.13. The van der Waals surface area contributed by atoms with Crippen LogP contribution in [0.25, 0.3) is 0 Å². The molecule has 1 aliphatic rings. The van der Waals surface area contributed by atoms with Gasteiger partial charge in [0.1, 0.15) is 0 Å². The Kier molecular flexibility index (Phi) is 1.32. The molecule has 0 aliphatic heterocycles. The summed E-state index contributed by atoms with van der Waals surface area (Å²) in [6.07, 6.45) is 1.86. The summed E-state index contributed by atoms with van der Waals surface area (Å²) >= 11 is 0. The van der Waals surface area contributed by atoms with Crippen molar-refractivity contribution in [3.05, 3.63) is 33.7 Å². The Labute approximate surface area is 64.2 Å². The molecule has 0 saturated carbocycles. The molecule has 0 aromatic carbocycles. The molecule has 58 valence electrons. The predicted octanol–water partition coefficient (Wildman–Crippen LogP) is 0.321. The van der Waals surface area contributed by atoms with Crippen LogP contribution in [0.15, 0.2) is 16.9 Å². The van der Waals surface area contributed by atoms with Crippen LogP contribution in [0.5, 0.6) is 0 Å². The molecule has 0 bridgehead atoms. The zero-order valence-electron chi connectivity index (χ0n) is 6.13. The molecular weight excluding hydrogens is 140 g/mol. The molecule has 1 aromatic rings. The smallest absolute Gasteiger partial charge is 0.248 e. The molecule has 0 fully saturated rings. The lowest BCUT2D eigenvalue weighted by molar-refractivity contribution is 0.712. The van der Waals surface area contributed by atoms with Crippen molar-refractivity contribution in [3.8, 4) is 0 Å². The minimum atomic E-state index is -0.0298. The van der Waals surface area contributed by atoms with Crippen molar-refractivity contribution in [1.29, 1.82) is 0 Å². The Hall–Kier alpha value is -1.09. The largest absolute Gasteiger partial charge is 0.326 e. The van der Waals surface area contributed by atoms with Crippen molar-refractivity contribution in [3.63, 3.8) is 0 Å². The maximum Gasteiger partial charge on any atom is 0.248 e. The number of aromatic amines is 1. The van der Waals surface area contributed by atoms with E-state index in [0.29, 0.717) is 0 Å². The Balaban J connectivity index is 2.59. The third-order valence-electron chi connectivity index (χ3n) is 2.14. The predicted molar refractivity (Wildman–Crippen MR) is 42.3 cm³/mol. The van der Waals surface area contributed by atoms with Crippen LogP contribution < -0.4 is 11.3 Å². The number of fused-ring (bicyclic) bond motifs is 1. The highest BCUT2D eigenvalue weighted by Crippen LogP contribution is 2.25. The Morgan fingerprint density at radius 2 is 2.36 bits per heavy atom. The Bertz CT molecular complexity index is 329. The molecule has 2 rings (SSSR count). The average molecular weight is 150 g/mol. The van der Waals surface area contributed by atoms with Crippen LogP contribution in [0.4, 0.5) is 0 Å². The molecule has 3 nitrogen and oxygen atoms in total. The lowest BCUT2D eigenvalue weighted by Gasteiger charge is -2.01. The number of rotatable bonds is 0. The first-order chi connectivity index (χ1) is 5.27. The van der Waals surface area contributed by atoms with E-state index in [9.17, 15) is 4.79 Å². The van der Waals surface area contributed by atoms with Gasteiger partial charge in [0.25, 0.3) is 0 Å². The minimum Gasteiger partial charge on any atom is -0.326 e. The van der Waals surface area contributed by atoms with Gasteiger partial charge in [-0.2, -0.15) is 0 Å². The molecule has 1 atom stereocenters. The van der Waals surface area contributed by atoms with E-state index in [-0.39, 0.29) is 11.6 Å². The van der Waals surface area contributed by atoms with Gasteiger partial charge < -0.3 is 10.7 Å². The van der Waals surface area contributed by atoms with Crippen LogP contribution in [0.3, 0.4) is 0 Å². The summed E-state index contributed by atoms with van der Waals surface area (Å²) in [6, 6.07) is 3.48. The van der Waals surface area contributed by atoms with Gasteiger partial charge in [0.05, 0.1) is 0 Å². The molecule has 1 heterocycles. The number of hydrogen-bond donors (Lipinski definition) is 2. The van der Waals surface area contributed by atoms with Crippen LogP contribution in [0, 0.1) is 0 Å². The normalized spacial score (nSPS) is 21.7. The van der Waals surface area contributed by atoms with Crippen molar-refractivity contribution >= 4 is 0 Å². The fourth-order valence-electron chi connectivity index (χ4n) is 1.54. The molecule has 0 spiro atoms. The van der Waals surface area contributed by atoms with Crippen LogP contribution in [0.2, 0.25) is 0 Å². The first kappa shape index (κ1) is 6.61. The van der Waals surface area contributed by atoms with Crippen LogP contribution in [0.1, 0.15) is 23.7 Å². The van der Waals surface area contributed by atoms with Crippen molar-refractivity contribution < 1.29 is 0 Å². The number of pyridine rings is 1. The van der Waals surface area contributed by atoms with E-state index in [2.05, 4.69) is 4.98 Å². The highest BCUT2D eigenvalue weighted by molar-refractivity contribution is 5.27. The van der Waals surface area contributed by atoms with E-state index in [1.54, 1.807) is 0 Å². The fraction of sp³-hybridized carbons (Fsp3) is 0.375. The number of nitrogens with one attached hydrogen (secondary N) is 1. The third kappa shape index (κ3) is 0.973. The van der Waals surface area contributed by atoms with Gasteiger partial charge in [0.15, 0.2) is 0 Å². The number of aromatic nitrogens is 1. The van der Waals surface area contributed by atoms with E-state index in [4.69, 9.17) is 5.73 Å². The number of nitrogens with two attached hydrogens (primary N) is 1. The Morgan fingerprint density at radius 1 is 1.55 bits per heavy atom. The highest BCUT2D eigenvalue weighted by Gasteiger charge is 2.18. The standard InChI is InChI=1S/C8H10N2O/c9-6-2-3-7-5(6)1-4-8(11)10-7/h1,4,6H,2-3,9H2,(H,10,11). The first-order valence-corrected chi connectivity index (χ1v) is 3.75. The lowest BCUT2D eigenvalue weighted by atomic mass is 10.2. The van der Waals surface area contributed by atoms with Crippen molar-refractivity contribution in [2.75, 3.05) is 0 Å². The van der Waals surface area contributed by atoms with Gasteiger partial charge in [-0.15, -0.1) is 0 Å². The number of H-pyrrole nitrogens is 1. The van der Waals surface area contributed by atoms with Gasteiger partial charge in [-0.25, -0.2) is 0 Å².